The molecule has 8 nitrogen and oxygen atoms in total. The van der Waals surface area contributed by atoms with Gasteiger partial charge in [-0.05, 0) is 53.2 Å². The SMILES string of the molecule is COS(=O)(=O)[O-].Cc1c[n+](C)c(N=Nc2ccc(N(C)Cc3ccccc3)cc2)s1. The van der Waals surface area contributed by atoms with Crippen LogP contribution in [0.5, 0.6) is 0 Å². The Labute approximate surface area is 181 Å². The molecule has 0 spiro atoms. The quantitative estimate of drug-likeness (QED) is 0.245. The molecule has 2 aromatic carbocycles. The van der Waals surface area contributed by atoms with Gasteiger partial charge >= 0.3 is 5.13 Å². The van der Waals surface area contributed by atoms with Crippen molar-refractivity contribution in [3.05, 3.63) is 71.2 Å². The van der Waals surface area contributed by atoms with Crippen LogP contribution in [-0.2, 0) is 28.2 Å². The first-order valence-corrected chi connectivity index (χ1v) is 11.1. The minimum Gasteiger partial charge on any atom is -0.726 e. The first-order valence-electron chi connectivity index (χ1n) is 8.92. The van der Waals surface area contributed by atoms with Crippen LogP contribution < -0.4 is 9.47 Å². The summed E-state index contributed by atoms with van der Waals surface area (Å²) in [5.41, 5.74) is 3.32. The van der Waals surface area contributed by atoms with Gasteiger partial charge < -0.3 is 9.45 Å². The largest absolute Gasteiger partial charge is 0.726 e. The molecule has 3 aromatic rings. The van der Waals surface area contributed by atoms with Gasteiger partial charge in [0.05, 0.1) is 19.3 Å². The van der Waals surface area contributed by atoms with Crippen LogP contribution in [0.25, 0.3) is 0 Å². The number of anilines is 1. The van der Waals surface area contributed by atoms with Crippen LogP contribution >= 0.6 is 11.3 Å². The summed E-state index contributed by atoms with van der Waals surface area (Å²) >= 11 is 1.64. The lowest BCUT2D eigenvalue weighted by Crippen LogP contribution is -2.23. The Balaban J connectivity index is 0.000000469. The van der Waals surface area contributed by atoms with Crippen molar-refractivity contribution in [3.8, 4) is 0 Å². The number of benzene rings is 2. The van der Waals surface area contributed by atoms with Crippen molar-refractivity contribution in [1.82, 2.24) is 0 Å². The molecule has 0 amide bonds. The summed E-state index contributed by atoms with van der Waals surface area (Å²) in [4.78, 5) is 3.45. The van der Waals surface area contributed by atoms with Crippen LogP contribution in [0.15, 0.2) is 71.0 Å². The van der Waals surface area contributed by atoms with Crippen molar-refractivity contribution in [2.24, 2.45) is 17.3 Å². The van der Waals surface area contributed by atoms with Crippen molar-refractivity contribution in [3.63, 3.8) is 0 Å². The van der Waals surface area contributed by atoms with Crippen LogP contribution in [0.1, 0.15) is 10.4 Å². The average Bonchev–Trinajstić information content (AvgIpc) is 3.04. The first kappa shape index (κ1) is 23.6. The molecule has 10 heteroatoms. The third-order valence-corrected chi connectivity index (χ3v) is 5.33. The van der Waals surface area contributed by atoms with Gasteiger partial charge in [0, 0.05) is 24.2 Å². The normalized spacial score (nSPS) is 11.2. The molecule has 0 radical (unpaired) electrons. The van der Waals surface area contributed by atoms with E-state index in [2.05, 4.69) is 75.9 Å². The third kappa shape index (κ3) is 7.99. The third-order valence-electron chi connectivity index (χ3n) is 3.94. The molecule has 3 rings (SSSR count). The maximum atomic E-state index is 9.22. The van der Waals surface area contributed by atoms with E-state index in [1.54, 1.807) is 11.3 Å². The van der Waals surface area contributed by atoms with Gasteiger partial charge in [0.2, 0.25) is 10.4 Å². The molecular formula is C20H24N4O4S2. The minimum atomic E-state index is -4.41. The highest BCUT2D eigenvalue weighted by Crippen LogP contribution is 2.24. The molecular weight excluding hydrogens is 424 g/mol. The van der Waals surface area contributed by atoms with Gasteiger partial charge in [0.1, 0.15) is 11.9 Å². The van der Waals surface area contributed by atoms with Gasteiger partial charge in [-0.1, -0.05) is 30.3 Å². The summed E-state index contributed by atoms with van der Waals surface area (Å²) in [6.07, 6.45) is 2.06. The van der Waals surface area contributed by atoms with Gasteiger partial charge in [-0.2, -0.15) is 0 Å². The van der Waals surface area contributed by atoms with Crippen molar-refractivity contribution in [2.45, 2.75) is 13.5 Å². The zero-order valence-corrected chi connectivity index (χ0v) is 18.9. The highest BCUT2D eigenvalue weighted by molar-refractivity contribution is 7.80. The molecule has 0 bridgehead atoms. The zero-order valence-electron chi connectivity index (χ0n) is 17.2. The number of nitrogens with zero attached hydrogens (tertiary/aromatic N) is 4. The van der Waals surface area contributed by atoms with E-state index < -0.39 is 10.4 Å². The molecule has 0 N–H and O–H groups in total. The second-order valence-electron chi connectivity index (χ2n) is 6.37. The first-order chi connectivity index (χ1) is 14.2. The standard InChI is InChI=1S/C19H21N4S.CH4O4S/c1-15-13-23(3)19(24-15)21-20-17-9-11-18(12-10-17)22(2)14-16-7-5-4-6-8-16;1-5-6(2,3)4/h4-13H,14H2,1-3H3;1H3,(H,2,3,4)/q+1;/p-1. The molecule has 0 fully saturated rings. The summed E-state index contributed by atoms with van der Waals surface area (Å²) in [6.45, 7) is 2.95. The second kappa shape index (κ2) is 10.9. The van der Waals surface area contributed by atoms with E-state index >= 15 is 0 Å². The predicted molar refractivity (Wildman–Crippen MR) is 116 cm³/mol. The van der Waals surface area contributed by atoms with Gasteiger partial charge in [-0.15, -0.1) is 0 Å². The Kier molecular flexibility index (Phi) is 8.60. The maximum absolute atomic E-state index is 9.22. The lowest BCUT2D eigenvalue weighted by atomic mass is 10.2. The van der Waals surface area contributed by atoms with Crippen LogP contribution in [0.3, 0.4) is 0 Å². The Bertz CT molecular complexity index is 1070. The van der Waals surface area contributed by atoms with Crippen LogP contribution in [-0.4, -0.2) is 27.1 Å². The smallest absolute Gasteiger partial charge is 0.408 e. The summed E-state index contributed by atoms with van der Waals surface area (Å²) < 4.78 is 33.0. The fourth-order valence-electron chi connectivity index (χ4n) is 2.48. The highest BCUT2D eigenvalue weighted by Gasteiger charge is 2.10. The van der Waals surface area contributed by atoms with Gasteiger partial charge in [0.15, 0.2) is 0 Å². The molecule has 0 saturated heterocycles. The van der Waals surface area contributed by atoms with Crippen molar-refractivity contribution in [2.75, 3.05) is 19.1 Å². The molecule has 1 heterocycles. The Morgan fingerprint density at radius 3 is 2.20 bits per heavy atom. The number of aromatic nitrogens is 1. The minimum absolute atomic E-state index is 0.808. The summed E-state index contributed by atoms with van der Waals surface area (Å²) in [5.74, 6) is 0. The summed E-state index contributed by atoms with van der Waals surface area (Å²) in [7, 11) is 0.477. The van der Waals surface area contributed by atoms with Gasteiger partial charge in [-0.3, -0.25) is 4.18 Å². The molecule has 1 aromatic heterocycles. The lowest BCUT2D eigenvalue weighted by molar-refractivity contribution is -0.654. The van der Waals surface area contributed by atoms with Crippen LogP contribution in [0.2, 0.25) is 0 Å². The average molecular weight is 449 g/mol. The fourth-order valence-corrected chi connectivity index (χ4v) is 3.26. The summed E-state index contributed by atoms with van der Waals surface area (Å²) in [5, 5.41) is 9.56. The number of hydrogen-bond donors (Lipinski definition) is 0. The monoisotopic (exact) mass is 448 g/mol. The number of rotatable bonds is 6. The lowest BCUT2D eigenvalue weighted by Gasteiger charge is -2.19. The number of hydrogen-bond acceptors (Lipinski definition) is 8. The molecule has 0 aliphatic heterocycles. The van der Waals surface area contributed by atoms with E-state index in [-0.39, 0.29) is 0 Å². The number of azo groups is 1. The van der Waals surface area contributed by atoms with Crippen molar-refractivity contribution >= 4 is 38.2 Å². The molecule has 0 aliphatic rings. The second-order valence-corrected chi connectivity index (χ2v) is 8.73. The molecule has 0 unspecified atom stereocenters. The van der Waals surface area contributed by atoms with Gasteiger partial charge in [-0.25, -0.2) is 13.0 Å². The van der Waals surface area contributed by atoms with Crippen LogP contribution in [0.4, 0.5) is 16.5 Å². The Morgan fingerprint density at radius 1 is 1.10 bits per heavy atom. The van der Waals surface area contributed by atoms with Crippen molar-refractivity contribution < 1.29 is 21.7 Å². The zero-order chi connectivity index (χ0) is 22.1. The molecule has 0 atom stereocenters. The molecule has 0 aliphatic carbocycles. The summed E-state index contributed by atoms with van der Waals surface area (Å²) in [6, 6.07) is 18.6. The van der Waals surface area contributed by atoms with Crippen LogP contribution in [0, 0.1) is 6.92 Å². The fraction of sp³-hybridized carbons (Fsp3) is 0.250. The van der Waals surface area contributed by atoms with E-state index in [1.807, 2.05) is 29.8 Å². The van der Waals surface area contributed by atoms with E-state index in [0.29, 0.717) is 0 Å². The molecule has 30 heavy (non-hydrogen) atoms. The predicted octanol–water partition coefficient (Wildman–Crippen LogP) is 4.03. The number of thiazole rings is 1. The Hall–Kier alpha value is -2.66. The van der Waals surface area contributed by atoms with Gasteiger partial charge in [0.25, 0.3) is 0 Å². The topological polar surface area (TPSA) is 98.3 Å². The molecule has 160 valence electrons. The van der Waals surface area contributed by atoms with Crippen molar-refractivity contribution in [1.29, 1.82) is 0 Å². The molecule has 0 saturated carbocycles. The van der Waals surface area contributed by atoms with E-state index in [1.165, 1.54) is 10.4 Å². The van der Waals surface area contributed by atoms with E-state index in [9.17, 15) is 13.0 Å². The maximum Gasteiger partial charge on any atom is 0.408 e. The van der Waals surface area contributed by atoms with E-state index in [0.717, 1.165) is 30.2 Å². The highest BCUT2D eigenvalue weighted by atomic mass is 32.3. The number of aryl methyl sites for hydroxylation is 2. The Morgan fingerprint density at radius 2 is 1.70 bits per heavy atom. The van der Waals surface area contributed by atoms with E-state index in [4.69, 9.17) is 0 Å².